The van der Waals surface area contributed by atoms with Gasteiger partial charge in [0.05, 0.1) is 5.52 Å². The van der Waals surface area contributed by atoms with E-state index >= 15 is 0 Å². The lowest BCUT2D eigenvalue weighted by atomic mass is 10.2. The maximum absolute atomic E-state index is 6.39. The van der Waals surface area contributed by atoms with Crippen LogP contribution in [0.5, 0.6) is 5.75 Å². The summed E-state index contributed by atoms with van der Waals surface area (Å²) in [6.45, 7) is 11.0. The molecule has 0 fully saturated rings. The molecule has 0 aliphatic carbocycles. The average Bonchev–Trinajstić information content (AvgIpc) is 2.69. The first kappa shape index (κ1) is 14.3. The van der Waals surface area contributed by atoms with E-state index in [-0.39, 0.29) is 4.75 Å². The van der Waals surface area contributed by atoms with Gasteiger partial charge in [0.15, 0.2) is 0 Å². The Morgan fingerprint density at radius 3 is 2.58 bits per heavy atom. The molecule has 106 valence electrons. The van der Waals surface area contributed by atoms with Crippen LogP contribution in [-0.2, 0) is 0 Å². The van der Waals surface area contributed by atoms with E-state index < -0.39 is 10.3 Å². The number of hydrogen-bond acceptors (Lipinski definition) is 2. The van der Waals surface area contributed by atoms with Crippen LogP contribution in [0.3, 0.4) is 0 Å². The minimum atomic E-state index is -1.14. The van der Waals surface area contributed by atoms with Gasteiger partial charge < -0.3 is 4.18 Å². The number of H-pyrrole nitrogens is 1. The maximum Gasteiger partial charge on any atom is 0.135 e. The van der Waals surface area contributed by atoms with Crippen molar-refractivity contribution in [3.8, 4) is 5.75 Å². The topological polar surface area (TPSA) is 37.9 Å². The summed E-state index contributed by atoms with van der Waals surface area (Å²) in [5.74, 6) is 2.00. The van der Waals surface area contributed by atoms with Gasteiger partial charge in [-0.2, -0.15) is 5.10 Å². The number of nitrogens with one attached hydrogen (secondary N) is 1. The molecule has 1 aromatic carbocycles. The Hall–Kier alpha value is -1.16. The Bertz CT molecular complexity index is 585. The van der Waals surface area contributed by atoms with Crippen molar-refractivity contribution in [2.75, 3.05) is 12.0 Å². The van der Waals surface area contributed by atoms with Crippen LogP contribution in [0.4, 0.5) is 0 Å². The zero-order chi connectivity index (χ0) is 14.3. The quantitative estimate of drug-likeness (QED) is 0.904. The zero-order valence-electron chi connectivity index (χ0n) is 12.7. The van der Waals surface area contributed by atoms with E-state index in [1.807, 2.05) is 19.1 Å². The van der Waals surface area contributed by atoms with Gasteiger partial charge in [-0.1, -0.05) is 17.2 Å². The summed E-state index contributed by atoms with van der Waals surface area (Å²) < 4.78 is 6.56. The molecule has 19 heavy (non-hydrogen) atoms. The highest BCUT2D eigenvalue weighted by atomic mass is 32.3. The van der Waals surface area contributed by atoms with Gasteiger partial charge in [0.25, 0.3) is 0 Å². The molecule has 0 saturated heterocycles. The lowest BCUT2D eigenvalue weighted by Crippen LogP contribution is -2.29. The molecule has 0 bridgehead atoms. The molecule has 0 radical (unpaired) electrons. The summed E-state index contributed by atoms with van der Waals surface area (Å²) in [5, 5.41) is 8.41. The van der Waals surface area contributed by atoms with Gasteiger partial charge in [-0.3, -0.25) is 5.10 Å². The summed E-state index contributed by atoms with van der Waals surface area (Å²) in [6, 6.07) is 6.14. The van der Waals surface area contributed by atoms with Crippen molar-refractivity contribution < 1.29 is 4.18 Å². The summed E-state index contributed by atoms with van der Waals surface area (Å²) in [7, 11) is -1.14. The highest BCUT2D eigenvalue weighted by Crippen LogP contribution is 2.56. The van der Waals surface area contributed by atoms with Gasteiger partial charge in [0.1, 0.15) is 5.75 Å². The number of aryl methyl sites for hydroxylation is 1. The third-order valence-corrected chi connectivity index (χ3v) is 8.10. The van der Waals surface area contributed by atoms with Gasteiger partial charge in [0.2, 0.25) is 0 Å². The summed E-state index contributed by atoms with van der Waals surface area (Å²) in [4.78, 5) is 0. The van der Waals surface area contributed by atoms with Gasteiger partial charge in [0, 0.05) is 21.6 Å². The fraction of sp³-hybridized carbons (Fsp3) is 0.533. The first-order valence-electron chi connectivity index (χ1n) is 6.66. The van der Waals surface area contributed by atoms with E-state index in [9.17, 15) is 0 Å². The molecule has 1 N–H and O–H groups in total. The van der Waals surface area contributed by atoms with Gasteiger partial charge in [-0.05, 0) is 52.1 Å². The van der Waals surface area contributed by atoms with Gasteiger partial charge >= 0.3 is 0 Å². The molecule has 3 nitrogen and oxygen atoms in total. The molecule has 1 heterocycles. The molecular formula is C15H24N2OS. The largest absolute Gasteiger partial charge is 0.449 e. The molecule has 0 aliphatic rings. The number of nitrogens with zero attached hydrogens (tertiary/aromatic N) is 1. The van der Waals surface area contributed by atoms with Crippen molar-refractivity contribution in [1.82, 2.24) is 10.2 Å². The molecule has 1 aromatic heterocycles. The standard InChI is InChI=1S/C15H24N2OS/c1-7-19(6,15(3,4)5)18-12-8-9-14-13(10-12)11(2)16-17-14/h8-10H,7H2,1-6H3,(H,16,17). The Morgan fingerprint density at radius 2 is 2.00 bits per heavy atom. The first-order valence-corrected chi connectivity index (χ1v) is 8.80. The van der Waals surface area contributed by atoms with Crippen molar-refractivity contribution in [3.05, 3.63) is 23.9 Å². The number of benzene rings is 1. The van der Waals surface area contributed by atoms with Crippen LogP contribution in [0.15, 0.2) is 18.2 Å². The summed E-state index contributed by atoms with van der Waals surface area (Å²) in [6.07, 6.45) is 2.26. The predicted octanol–water partition coefficient (Wildman–Crippen LogP) is 4.42. The monoisotopic (exact) mass is 280 g/mol. The van der Waals surface area contributed by atoms with E-state index in [1.54, 1.807) is 0 Å². The van der Waals surface area contributed by atoms with Crippen LogP contribution in [0, 0.1) is 6.92 Å². The SMILES string of the molecule is CCS(C)(Oc1ccc2n[nH]c(C)c2c1)C(C)(C)C. The highest BCUT2D eigenvalue weighted by Gasteiger charge is 2.33. The number of rotatable bonds is 3. The highest BCUT2D eigenvalue weighted by molar-refractivity contribution is 8.30. The average molecular weight is 280 g/mol. The second kappa shape index (κ2) is 4.75. The maximum atomic E-state index is 6.39. The number of hydrogen-bond donors (Lipinski definition) is 1. The van der Waals surface area contributed by atoms with E-state index in [0.717, 1.165) is 28.1 Å². The summed E-state index contributed by atoms with van der Waals surface area (Å²) >= 11 is 0. The molecule has 1 atom stereocenters. The van der Waals surface area contributed by atoms with E-state index in [4.69, 9.17) is 4.18 Å². The van der Waals surface area contributed by atoms with Crippen LogP contribution in [-0.4, -0.2) is 27.0 Å². The zero-order valence-corrected chi connectivity index (χ0v) is 13.5. The Labute approximate surface area is 117 Å². The molecule has 2 aromatic rings. The molecule has 0 spiro atoms. The predicted molar refractivity (Wildman–Crippen MR) is 85.3 cm³/mol. The minimum Gasteiger partial charge on any atom is -0.449 e. The number of fused-ring (bicyclic) bond motifs is 1. The second-order valence-corrected chi connectivity index (χ2v) is 10.00. The molecule has 0 aliphatic heterocycles. The van der Waals surface area contributed by atoms with E-state index in [0.29, 0.717) is 0 Å². The fourth-order valence-electron chi connectivity index (χ4n) is 2.00. The van der Waals surface area contributed by atoms with Crippen molar-refractivity contribution in [2.24, 2.45) is 0 Å². The second-order valence-electron chi connectivity index (χ2n) is 6.02. The smallest absolute Gasteiger partial charge is 0.135 e. The minimum absolute atomic E-state index is 0.169. The third kappa shape index (κ3) is 2.59. The Balaban J connectivity index is 2.37. The Morgan fingerprint density at radius 1 is 1.32 bits per heavy atom. The number of aromatic nitrogens is 2. The normalized spacial score (nSPS) is 17.2. The van der Waals surface area contributed by atoms with Gasteiger partial charge in [-0.25, -0.2) is 0 Å². The van der Waals surface area contributed by atoms with Crippen molar-refractivity contribution >= 4 is 21.2 Å². The Kier molecular flexibility index (Phi) is 3.56. The first-order chi connectivity index (χ1) is 8.77. The lowest BCUT2D eigenvalue weighted by molar-refractivity contribution is 0.582. The van der Waals surface area contributed by atoms with Crippen LogP contribution in [0.1, 0.15) is 33.4 Å². The van der Waals surface area contributed by atoms with Crippen molar-refractivity contribution in [1.29, 1.82) is 0 Å². The molecule has 4 heteroatoms. The third-order valence-electron chi connectivity index (χ3n) is 3.84. The summed E-state index contributed by atoms with van der Waals surface area (Å²) in [5.41, 5.74) is 2.08. The van der Waals surface area contributed by atoms with Crippen molar-refractivity contribution in [2.45, 2.75) is 39.4 Å². The molecular weight excluding hydrogens is 256 g/mol. The van der Waals surface area contributed by atoms with Crippen LogP contribution < -0.4 is 4.18 Å². The van der Waals surface area contributed by atoms with Crippen molar-refractivity contribution in [3.63, 3.8) is 0 Å². The molecule has 1 unspecified atom stereocenters. The van der Waals surface area contributed by atoms with Crippen LogP contribution in [0.25, 0.3) is 10.9 Å². The van der Waals surface area contributed by atoms with E-state index in [2.05, 4.69) is 50.2 Å². The molecule has 2 rings (SSSR count). The lowest BCUT2D eigenvalue weighted by Gasteiger charge is -2.46. The molecule has 0 saturated carbocycles. The number of aromatic amines is 1. The molecule has 0 amide bonds. The van der Waals surface area contributed by atoms with Crippen LogP contribution in [0.2, 0.25) is 0 Å². The fourth-order valence-corrected chi connectivity index (χ4v) is 3.76. The van der Waals surface area contributed by atoms with E-state index in [1.165, 1.54) is 0 Å². The van der Waals surface area contributed by atoms with Crippen LogP contribution >= 0.6 is 10.3 Å². The van der Waals surface area contributed by atoms with Gasteiger partial charge in [-0.15, -0.1) is 0 Å².